The Bertz CT molecular complexity index is 525. The minimum absolute atomic E-state index is 0.458. The lowest BCUT2D eigenvalue weighted by molar-refractivity contribution is 0.177. The fourth-order valence-electron chi connectivity index (χ4n) is 1.61. The Labute approximate surface area is 127 Å². The van der Waals surface area contributed by atoms with Crippen molar-refractivity contribution in [1.29, 1.82) is 0 Å². The van der Waals surface area contributed by atoms with Gasteiger partial charge in [0.25, 0.3) is 0 Å². The highest BCUT2D eigenvalue weighted by Gasteiger charge is 2.11. The minimum atomic E-state index is -0.617. The van der Waals surface area contributed by atoms with E-state index in [2.05, 4.69) is 36.8 Å². The standard InChI is InChI=1S/C13H10Br2ClNO/c14-9-1-2-12(17-7-9)6-13(18)8-3-10(15)5-11(16)4-8/h1-5,7,13,18H,6H2. The van der Waals surface area contributed by atoms with Gasteiger partial charge in [-0.25, -0.2) is 0 Å². The third-order valence-corrected chi connectivity index (χ3v) is 3.61. The number of pyridine rings is 1. The molecule has 0 amide bonds. The lowest BCUT2D eigenvalue weighted by Crippen LogP contribution is -2.03. The molecule has 0 saturated heterocycles. The minimum Gasteiger partial charge on any atom is -0.388 e. The van der Waals surface area contributed by atoms with Crippen LogP contribution in [0, 0.1) is 0 Å². The summed E-state index contributed by atoms with van der Waals surface area (Å²) in [6.45, 7) is 0. The van der Waals surface area contributed by atoms with Crippen molar-refractivity contribution < 1.29 is 5.11 Å². The zero-order valence-electron chi connectivity index (χ0n) is 9.28. The van der Waals surface area contributed by atoms with Gasteiger partial charge in [0.2, 0.25) is 0 Å². The first-order valence-corrected chi connectivity index (χ1v) is 7.25. The quantitative estimate of drug-likeness (QED) is 0.834. The SMILES string of the molecule is OC(Cc1ccc(Br)cn1)c1cc(Cl)cc(Br)c1. The second kappa shape index (κ2) is 6.15. The Balaban J connectivity index is 2.16. The zero-order valence-corrected chi connectivity index (χ0v) is 13.2. The van der Waals surface area contributed by atoms with E-state index in [-0.39, 0.29) is 0 Å². The summed E-state index contributed by atoms with van der Waals surface area (Å²) in [7, 11) is 0. The van der Waals surface area contributed by atoms with Gasteiger partial charge >= 0.3 is 0 Å². The third kappa shape index (κ3) is 3.79. The van der Waals surface area contributed by atoms with E-state index in [9.17, 15) is 5.11 Å². The van der Waals surface area contributed by atoms with Gasteiger partial charge in [0.15, 0.2) is 0 Å². The highest BCUT2D eigenvalue weighted by Crippen LogP contribution is 2.25. The van der Waals surface area contributed by atoms with Crippen molar-refractivity contribution in [1.82, 2.24) is 4.98 Å². The first-order chi connectivity index (χ1) is 8.54. The average Bonchev–Trinajstić information content (AvgIpc) is 2.31. The van der Waals surface area contributed by atoms with E-state index in [1.54, 1.807) is 18.3 Å². The molecule has 0 aliphatic carbocycles. The molecule has 2 nitrogen and oxygen atoms in total. The number of aliphatic hydroxyl groups is 1. The van der Waals surface area contributed by atoms with E-state index in [1.165, 1.54) is 0 Å². The van der Waals surface area contributed by atoms with Crippen LogP contribution in [0.4, 0.5) is 0 Å². The van der Waals surface area contributed by atoms with Crippen LogP contribution in [-0.4, -0.2) is 10.1 Å². The van der Waals surface area contributed by atoms with Crippen molar-refractivity contribution >= 4 is 43.5 Å². The van der Waals surface area contributed by atoms with Gasteiger partial charge in [-0.2, -0.15) is 0 Å². The molecule has 0 saturated carbocycles. The molecule has 2 rings (SSSR count). The van der Waals surface area contributed by atoms with Gasteiger partial charge in [0.05, 0.1) is 6.10 Å². The van der Waals surface area contributed by atoms with Crippen LogP contribution in [0.15, 0.2) is 45.5 Å². The monoisotopic (exact) mass is 389 g/mol. The van der Waals surface area contributed by atoms with Gasteiger partial charge in [-0.1, -0.05) is 27.5 Å². The van der Waals surface area contributed by atoms with Crippen LogP contribution in [-0.2, 0) is 6.42 Å². The molecule has 1 unspecified atom stereocenters. The van der Waals surface area contributed by atoms with Gasteiger partial charge in [0.1, 0.15) is 0 Å². The van der Waals surface area contributed by atoms with Crippen LogP contribution in [0.3, 0.4) is 0 Å². The van der Waals surface area contributed by atoms with Gasteiger partial charge in [-0.05, 0) is 51.8 Å². The molecule has 0 aliphatic rings. The number of hydrogen-bond acceptors (Lipinski definition) is 2. The molecule has 0 spiro atoms. The smallest absolute Gasteiger partial charge is 0.0846 e. The van der Waals surface area contributed by atoms with Gasteiger partial charge in [-0.3, -0.25) is 4.98 Å². The summed E-state index contributed by atoms with van der Waals surface area (Å²) in [4.78, 5) is 4.24. The normalized spacial score (nSPS) is 12.4. The molecule has 1 atom stereocenters. The van der Waals surface area contributed by atoms with E-state index in [4.69, 9.17) is 11.6 Å². The fourth-order valence-corrected chi connectivity index (χ4v) is 2.73. The van der Waals surface area contributed by atoms with Crippen LogP contribution >= 0.6 is 43.5 Å². The van der Waals surface area contributed by atoms with E-state index >= 15 is 0 Å². The topological polar surface area (TPSA) is 33.1 Å². The molecule has 1 aromatic heterocycles. The van der Waals surface area contributed by atoms with Crippen LogP contribution in [0.2, 0.25) is 5.02 Å². The third-order valence-electron chi connectivity index (χ3n) is 2.46. The first-order valence-electron chi connectivity index (χ1n) is 5.29. The lowest BCUT2D eigenvalue weighted by Gasteiger charge is -2.11. The van der Waals surface area contributed by atoms with Crippen LogP contribution in [0.1, 0.15) is 17.4 Å². The lowest BCUT2D eigenvalue weighted by atomic mass is 10.0. The highest BCUT2D eigenvalue weighted by molar-refractivity contribution is 9.10. The molecule has 0 aliphatic heterocycles. The van der Waals surface area contributed by atoms with E-state index < -0.39 is 6.10 Å². The number of benzene rings is 1. The summed E-state index contributed by atoms with van der Waals surface area (Å²) < 4.78 is 1.78. The molecule has 2 aromatic rings. The van der Waals surface area contributed by atoms with Crippen LogP contribution in [0.5, 0.6) is 0 Å². The van der Waals surface area contributed by atoms with E-state index in [1.807, 2.05) is 18.2 Å². The van der Waals surface area contributed by atoms with E-state index in [0.29, 0.717) is 11.4 Å². The molecule has 5 heteroatoms. The maximum atomic E-state index is 10.2. The summed E-state index contributed by atoms with van der Waals surface area (Å²) in [5, 5.41) is 10.8. The Kier molecular flexibility index (Phi) is 4.78. The Hall–Kier alpha value is -0.420. The largest absolute Gasteiger partial charge is 0.388 e. The van der Waals surface area contributed by atoms with Crippen molar-refractivity contribution in [2.75, 3.05) is 0 Å². The van der Waals surface area contributed by atoms with Gasteiger partial charge < -0.3 is 5.11 Å². The summed E-state index contributed by atoms with van der Waals surface area (Å²) >= 11 is 12.6. The van der Waals surface area contributed by atoms with Gasteiger partial charge in [0, 0.05) is 32.3 Å². The first kappa shape index (κ1) is 14.0. The number of nitrogens with zero attached hydrogens (tertiary/aromatic N) is 1. The van der Waals surface area contributed by atoms with Crippen molar-refractivity contribution in [2.45, 2.75) is 12.5 Å². The molecular formula is C13H10Br2ClNO. The number of hydrogen-bond donors (Lipinski definition) is 1. The zero-order chi connectivity index (χ0) is 13.1. The van der Waals surface area contributed by atoms with Crippen molar-refractivity contribution in [3.8, 4) is 0 Å². The predicted octanol–water partition coefficient (Wildman–Crippen LogP) is 4.54. The average molecular weight is 391 g/mol. The summed E-state index contributed by atoms with van der Waals surface area (Å²) in [6, 6.07) is 9.19. The van der Waals surface area contributed by atoms with E-state index in [0.717, 1.165) is 20.2 Å². The summed E-state index contributed by atoms with van der Waals surface area (Å²) in [5.74, 6) is 0. The predicted molar refractivity (Wildman–Crippen MR) is 79.8 cm³/mol. The highest BCUT2D eigenvalue weighted by atomic mass is 79.9. The fraction of sp³-hybridized carbons (Fsp3) is 0.154. The van der Waals surface area contributed by atoms with Crippen LogP contribution < -0.4 is 0 Å². The summed E-state index contributed by atoms with van der Waals surface area (Å²) in [6.07, 6.45) is 1.56. The number of rotatable bonds is 3. The Morgan fingerprint density at radius 3 is 2.56 bits per heavy atom. The summed E-state index contributed by atoms with van der Waals surface area (Å²) in [5.41, 5.74) is 1.61. The maximum absolute atomic E-state index is 10.2. The number of aliphatic hydroxyl groups excluding tert-OH is 1. The molecular weight excluding hydrogens is 381 g/mol. The molecule has 1 aromatic carbocycles. The Morgan fingerprint density at radius 1 is 1.17 bits per heavy atom. The molecule has 94 valence electrons. The van der Waals surface area contributed by atoms with Crippen molar-refractivity contribution in [2.24, 2.45) is 0 Å². The number of halogens is 3. The van der Waals surface area contributed by atoms with Crippen LogP contribution in [0.25, 0.3) is 0 Å². The molecule has 0 bridgehead atoms. The number of aromatic nitrogens is 1. The Morgan fingerprint density at radius 2 is 1.94 bits per heavy atom. The molecule has 0 radical (unpaired) electrons. The van der Waals surface area contributed by atoms with Gasteiger partial charge in [-0.15, -0.1) is 0 Å². The second-order valence-electron chi connectivity index (χ2n) is 3.89. The molecule has 1 heterocycles. The van der Waals surface area contributed by atoms with Crippen molar-refractivity contribution in [3.05, 3.63) is 61.8 Å². The second-order valence-corrected chi connectivity index (χ2v) is 6.16. The maximum Gasteiger partial charge on any atom is 0.0846 e. The molecule has 18 heavy (non-hydrogen) atoms. The molecule has 0 fully saturated rings. The van der Waals surface area contributed by atoms with Crippen molar-refractivity contribution in [3.63, 3.8) is 0 Å². The molecule has 1 N–H and O–H groups in total.